The van der Waals surface area contributed by atoms with Crippen LogP contribution in [0.3, 0.4) is 0 Å². The molecule has 0 spiro atoms. The molecule has 1 aliphatic rings. The fourth-order valence-corrected chi connectivity index (χ4v) is 2.43. The van der Waals surface area contributed by atoms with E-state index in [0.717, 1.165) is 11.1 Å². The van der Waals surface area contributed by atoms with E-state index in [1.165, 1.54) is 0 Å². The van der Waals surface area contributed by atoms with Crippen LogP contribution in [0.15, 0.2) is 42.5 Å². The van der Waals surface area contributed by atoms with Crippen LogP contribution >= 0.6 is 12.4 Å². The van der Waals surface area contributed by atoms with Crippen molar-refractivity contribution < 1.29 is 19.3 Å². The molecule has 2 aromatic carbocycles. The summed E-state index contributed by atoms with van der Waals surface area (Å²) in [4.78, 5) is 0. The largest absolute Gasteiger partial charge is 0.493 e. The third-order valence-corrected chi connectivity index (χ3v) is 3.57. The summed E-state index contributed by atoms with van der Waals surface area (Å²) in [6.45, 7) is 1.30. The number of ether oxygens (including phenoxy) is 3. The molecule has 1 aliphatic heterocycles. The summed E-state index contributed by atoms with van der Waals surface area (Å²) >= 11 is 0. The van der Waals surface area contributed by atoms with Crippen LogP contribution in [0.2, 0.25) is 0 Å². The summed E-state index contributed by atoms with van der Waals surface area (Å²) in [6, 6.07) is 13.4. The molecule has 0 aromatic heterocycles. The van der Waals surface area contributed by atoms with Crippen molar-refractivity contribution in [1.82, 2.24) is 5.32 Å². The van der Waals surface area contributed by atoms with Gasteiger partial charge in [-0.25, -0.2) is 0 Å². The van der Waals surface area contributed by atoms with Crippen LogP contribution in [0.1, 0.15) is 17.2 Å². The first-order chi connectivity index (χ1) is 10.8. The van der Waals surface area contributed by atoms with Gasteiger partial charge in [-0.1, -0.05) is 30.3 Å². The molecule has 1 atom stereocenters. The molecule has 2 N–H and O–H groups in total. The van der Waals surface area contributed by atoms with Gasteiger partial charge in [-0.3, -0.25) is 0 Å². The molecule has 0 radical (unpaired) electrons. The van der Waals surface area contributed by atoms with Crippen molar-refractivity contribution in [2.45, 2.75) is 12.6 Å². The molecule has 23 heavy (non-hydrogen) atoms. The summed E-state index contributed by atoms with van der Waals surface area (Å²) in [7, 11) is 1.60. The van der Waals surface area contributed by atoms with Gasteiger partial charge < -0.3 is 24.6 Å². The Kier molecular flexibility index (Phi) is 6.10. The lowest BCUT2D eigenvalue weighted by molar-refractivity contribution is 0.171. The average molecular weight is 338 g/mol. The molecule has 0 saturated carbocycles. The van der Waals surface area contributed by atoms with E-state index >= 15 is 0 Å². The van der Waals surface area contributed by atoms with Gasteiger partial charge in [-0.05, 0) is 23.3 Å². The second kappa shape index (κ2) is 8.06. The molecule has 3 rings (SSSR count). The maximum absolute atomic E-state index is 10.1. The highest BCUT2D eigenvalue weighted by molar-refractivity contribution is 5.85. The highest BCUT2D eigenvalue weighted by Gasteiger charge is 2.20. The number of halogens is 1. The number of benzene rings is 2. The second-order valence-corrected chi connectivity index (χ2v) is 5.09. The lowest BCUT2D eigenvalue weighted by Gasteiger charge is -2.13. The number of hydrogen-bond acceptors (Lipinski definition) is 5. The molecule has 5 nitrogen and oxygen atoms in total. The van der Waals surface area contributed by atoms with E-state index in [4.69, 9.17) is 14.2 Å². The number of methoxy groups -OCH3 is 1. The van der Waals surface area contributed by atoms with Gasteiger partial charge in [0.15, 0.2) is 11.5 Å². The Labute approximate surface area is 141 Å². The molecular weight excluding hydrogens is 318 g/mol. The zero-order chi connectivity index (χ0) is 15.4. The van der Waals surface area contributed by atoms with Crippen LogP contribution in [-0.2, 0) is 6.54 Å². The molecular formula is C17H20ClNO4. The zero-order valence-corrected chi connectivity index (χ0v) is 13.6. The molecule has 6 heteroatoms. The number of hydrogen-bond donors (Lipinski definition) is 2. The van der Waals surface area contributed by atoms with Gasteiger partial charge >= 0.3 is 0 Å². The number of nitrogens with one attached hydrogen (secondary N) is 1. The highest BCUT2D eigenvalue weighted by Crippen LogP contribution is 2.41. The number of aliphatic hydroxyl groups excluding tert-OH is 1. The third-order valence-electron chi connectivity index (χ3n) is 3.57. The first-order valence-electron chi connectivity index (χ1n) is 7.18. The maximum atomic E-state index is 10.1. The number of aliphatic hydroxyl groups is 1. The van der Waals surface area contributed by atoms with Crippen LogP contribution in [0.4, 0.5) is 0 Å². The van der Waals surface area contributed by atoms with Crippen molar-refractivity contribution in [3.63, 3.8) is 0 Å². The smallest absolute Gasteiger partial charge is 0.231 e. The molecule has 0 aliphatic carbocycles. The number of fused-ring (bicyclic) bond motifs is 1. The molecule has 1 unspecified atom stereocenters. The summed E-state index contributed by atoms with van der Waals surface area (Å²) in [5, 5.41) is 13.4. The maximum Gasteiger partial charge on any atom is 0.231 e. The molecule has 0 bridgehead atoms. The van der Waals surface area contributed by atoms with Gasteiger partial charge in [0.1, 0.15) is 0 Å². The van der Waals surface area contributed by atoms with Gasteiger partial charge in [-0.2, -0.15) is 0 Å². The summed E-state index contributed by atoms with van der Waals surface area (Å²) in [6.07, 6.45) is -0.530. The average Bonchev–Trinajstić information content (AvgIpc) is 3.03. The van der Waals surface area contributed by atoms with Crippen molar-refractivity contribution in [2.75, 3.05) is 20.4 Å². The Bertz CT molecular complexity index is 636. The molecule has 0 fully saturated rings. The Morgan fingerprint density at radius 2 is 2.00 bits per heavy atom. The Balaban J connectivity index is 0.00000192. The van der Waals surface area contributed by atoms with Crippen molar-refractivity contribution in [1.29, 1.82) is 0 Å². The Morgan fingerprint density at radius 1 is 1.22 bits per heavy atom. The summed E-state index contributed by atoms with van der Waals surface area (Å²) in [5.41, 5.74) is 1.92. The molecule has 0 amide bonds. The molecule has 124 valence electrons. The van der Waals surface area contributed by atoms with Gasteiger partial charge in [0, 0.05) is 13.1 Å². The second-order valence-electron chi connectivity index (χ2n) is 5.09. The van der Waals surface area contributed by atoms with E-state index in [9.17, 15) is 5.11 Å². The fraction of sp³-hybridized carbons (Fsp3) is 0.294. The summed E-state index contributed by atoms with van der Waals surface area (Å²) in [5.74, 6) is 2.01. The number of rotatable bonds is 6. The van der Waals surface area contributed by atoms with Crippen molar-refractivity contribution in [3.05, 3.63) is 53.6 Å². The van der Waals surface area contributed by atoms with E-state index in [0.29, 0.717) is 30.3 Å². The molecule has 2 aromatic rings. The van der Waals surface area contributed by atoms with E-state index in [1.54, 1.807) is 7.11 Å². The van der Waals surface area contributed by atoms with Crippen LogP contribution in [0.25, 0.3) is 0 Å². The lowest BCUT2D eigenvalue weighted by Crippen LogP contribution is -2.21. The van der Waals surface area contributed by atoms with E-state index < -0.39 is 6.10 Å². The highest BCUT2D eigenvalue weighted by atomic mass is 35.5. The first-order valence-corrected chi connectivity index (χ1v) is 7.18. The SMILES string of the molecule is COc1cc(CNCC(O)c2ccccc2)cc2c1OCO2.Cl. The van der Waals surface area contributed by atoms with E-state index in [1.807, 2.05) is 42.5 Å². The first kappa shape index (κ1) is 17.4. The predicted octanol–water partition coefficient (Wildman–Crippen LogP) is 2.67. The fourth-order valence-electron chi connectivity index (χ4n) is 2.43. The van der Waals surface area contributed by atoms with Gasteiger partial charge in [-0.15, -0.1) is 12.4 Å². The Hall–Kier alpha value is -1.95. The van der Waals surface area contributed by atoms with Gasteiger partial charge in [0.2, 0.25) is 12.5 Å². The van der Waals surface area contributed by atoms with Crippen LogP contribution < -0.4 is 19.5 Å². The monoisotopic (exact) mass is 337 g/mol. The topological polar surface area (TPSA) is 60.0 Å². The third kappa shape index (κ3) is 4.07. The molecule has 0 saturated heterocycles. The van der Waals surface area contributed by atoms with Crippen molar-refractivity contribution >= 4 is 12.4 Å². The lowest BCUT2D eigenvalue weighted by atomic mass is 10.1. The minimum Gasteiger partial charge on any atom is -0.493 e. The van der Waals surface area contributed by atoms with E-state index in [2.05, 4.69) is 5.32 Å². The molecule has 1 heterocycles. The van der Waals surface area contributed by atoms with Crippen molar-refractivity contribution in [3.8, 4) is 17.2 Å². The van der Waals surface area contributed by atoms with Crippen molar-refractivity contribution in [2.24, 2.45) is 0 Å². The van der Waals surface area contributed by atoms with Crippen LogP contribution in [0.5, 0.6) is 17.2 Å². The minimum absolute atomic E-state index is 0. The van der Waals surface area contributed by atoms with E-state index in [-0.39, 0.29) is 19.2 Å². The van der Waals surface area contributed by atoms with Crippen LogP contribution in [-0.4, -0.2) is 25.6 Å². The standard InChI is InChI=1S/C17H19NO4.ClH/c1-20-15-7-12(8-16-17(15)22-11-21-16)9-18-10-14(19)13-5-3-2-4-6-13;/h2-8,14,18-19H,9-11H2,1H3;1H. The van der Waals surface area contributed by atoms with Gasteiger partial charge in [0.05, 0.1) is 13.2 Å². The van der Waals surface area contributed by atoms with Crippen LogP contribution in [0, 0.1) is 0 Å². The zero-order valence-electron chi connectivity index (χ0n) is 12.8. The quantitative estimate of drug-likeness (QED) is 0.848. The predicted molar refractivity (Wildman–Crippen MR) is 89.5 cm³/mol. The van der Waals surface area contributed by atoms with Gasteiger partial charge in [0.25, 0.3) is 0 Å². The minimum atomic E-state index is -0.530. The Morgan fingerprint density at radius 3 is 2.74 bits per heavy atom. The normalized spacial score (nSPS) is 13.3. The summed E-state index contributed by atoms with van der Waals surface area (Å²) < 4.78 is 16.1.